The molecule has 0 saturated heterocycles. The summed E-state index contributed by atoms with van der Waals surface area (Å²) in [5, 5.41) is 4.95. The molecule has 0 spiro atoms. The Hall–Kier alpha value is -0.760. The molecule has 0 aromatic heterocycles. The van der Waals surface area contributed by atoms with Gasteiger partial charge in [-0.2, -0.15) is 5.26 Å². The Balaban J connectivity index is 2.36. The number of hydrogen-bond acceptors (Lipinski definition) is 1. The summed E-state index contributed by atoms with van der Waals surface area (Å²) >= 11 is 0. The molecule has 1 fully saturated rings. The fourth-order valence-corrected chi connectivity index (χ4v) is 1.77. The molecule has 13 heavy (non-hydrogen) atoms. The van der Waals surface area contributed by atoms with E-state index in [0.717, 1.165) is 0 Å². The largest absolute Gasteiger partial charge is 0.247 e. The topological polar surface area (TPSA) is 23.8 Å². The number of rotatable bonds is 2. The van der Waals surface area contributed by atoms with E-state index in [1.54, 1.807) is 0 Å². The van der Waals surface area contributed by atoms with Gasteiger partial charge in [-0.3, -0.25) is 0 Å². The second-order valence-electron chi connectivity index (χ2n) is 3.52. The molecule has 0 N–H and O–H groups in total. The number of hydrogen-bond donors (Lipinski definition) is 0. The lowest BCUT2D eigenvalue weighted by Crippen LogP contribution is -2.36. The van der Waals surface area contributed by atoms with Crippen LogP contribution >= 0.6 is 0 Å². The van der Waals surface area contributed by atoms with E-state index in [9.17, 15) is 13.4 Å². The van der Waals surface area contributed by atoms with Gasteiger partial charge in [-0.05, 0) is 18.8 Å². The molecule has 0 aromatic rings. The molecule has 0 radical (unpaired) electrons. The van der Waals surface area contributed by atoms with Crippen LogP contribution in [0.4, 0.5) is 13.4 Å². The average Bonchev–Trinajstić information content (AvgIpc) is 2.04. The van der Waals surface area contributed by atoms with Crippen LogP contribution in [0.3, 0.4) is 0 Å². The Kier molecular flexibility index (Phi) is 3.15. The zero-order valence-corrected chi connectivity index (χ0v) is 7.22. The van der Waals surface area contributed by atoms with Gasteiger partial charge in [-0.25, -0.2) is 0 Å². The lowest BCUT2D eigenvalue weighted by Gasteiger charge is -2.24. The number of quaternary nitrogens is 1. The Bertz CT molecular complexity index is 198. The predicted octanol–water partition coefficient (Wildman–Crippen LogP) is 2.93. The second-order valence-corrected chi connectivity index (χ2v) is 3.52. The van der Waals surface area contributed by atoms with E-state index in [-0.39, 0.29) is 18.8 Å². The van der Waals surface area contributed by atoms with Crippen molar-refractivity contribution in [2.24, 2.45) is 5.92 Å². The highest BCUT2D eigenvalue weighted by molar-refractivity contribution is 4.80. The molecule has 2 nitrogen and oxygen atoms in total. The molecule has 0 atom stereocenters. The van der Waals surface area contributed by atoms with Gasteiger partial charge >= 0.3 is 0 Å². The third-order valence-corrected chi connectivity index (χ3v) is 2.61. The summed E-state index contributed by atoms with van der Waals surface area (Å²) in [5.74, 6) is 0.188. The van der Waals surface area contributed by atoms with E-state index in [0.29, 0.717) is 19.3 Å². The van der Waals surface area contributed by atoms with Crippen molar-refractivity contribution in [1.82, 2.24) is 0 Å². The summed E-state index contributed by atoms with van der Waals surface area (Å²) in [7, 11) is 0. The molecular weight excluding hydrogens is 181 g/mol. The first kappa shape index (κ1) is 10.3. The number of halogens is 3. The van der Waals surface area contributed by atoms with E-state index in [1.165, 1.54) is 0 Å². The summed E-state index contributed by atoms with van der Waals surface area (Å²) in [5.41, 5.74) is 0. The van der Waals surface area contributed by atoms with E-state index in [1.807, 2.05) is 6.07 Å². The number of nitrogens with zero attached hydrogens (tertiary/aromatic N) is 2. The minimum Gasteiger partial charge on any atom is -0.198 e. The van der Waals surface area contributed by atoms with Crippen LogP contribution < -0.4 is 0 Å². The Morgan fingerprint density at radius 3 is 2.08 bits per heavy atom. The average molecular weight is 193 g/mol. The number of nitriles is 1. The van der Waals surface area contributed by atoms with Crippen molar-refractivity contribution in [2.45, 2.75) is 38.1 Å². The molecule has 0 heterocycles. The van der Waals surface area contributed by atoms with Crippen molar-refractivity contribution in [3.8, 4) is 6.07 Å². The molecule has 1 rings (SSSR count). The van der Waals surface area contributed by atoms with Gasteiger partial charge in [0.1, 0.15) is 0 Å². The van der Waals surface area contributed by atoms with E-state index >= 15 is 0 Å². The SMILES string of the molecule is N#CCC1CCC([N+](F)(F)F)CC1. The molecule has 1 saturated carbocycles. The summed E-state index contributed by atoms with van der Waals surface area (Å²) in [6.07, 6.45) is 1.83. The lowest BCUT2D eigenvalue weighted by molar-refractivity contribution is -1.28. The molecule has 74 valence electrons. The van der Waals surface area contributed by atoms with Gasteiger partial charge in [-0.15, -0.1) is 0 Å². The Labute approximate surface area is 75.0 Å². The summed E-state index contributed by atoms with van der Waals surface area (Å²) in [4.78, 5) is 0. The first-order valence-electron chi connectivity index (χ1n) is 4.38. The van der Waals surface area contributed by atoms with Crippen LogP contribution in [0.2, 0.25) is 0 Å². The van der Waals surface area contributed by atoms with Crippen molar-refractivity contribution in [1.29, 1.82) is 5.26 Å². The van der Waals surface area contributed by atoms with E-state index in [2.05, 4.69) is 0 Å². The zero-order valence-electron chi connectivity index (χ0n) is 7.22. The third kappa shape index (κ3) is 2.88. The monoisotopic (exact) mass is 193 g/mol. The van der Waals surface area contributed by atoms with Gasteiger partial charge in [0, 0.05) is 19.3 Å². The molecule has 0 amide bonds. The quantitative estimate of drug-likeness (QED) is 0.618. The highest BCUT2D eigenvalue weighted by Gasteiger charge is 2.45. The standard InChI is InChI=1S/C8H12F3N2/c9-13(10,11)8-3-1-7(2-4-8)5-6-12/h7-8H,1-5H2/q+1. The van der Waals surface area contributed by atoms with Crippen molar-refractivity contribution < 1.29 is 18.6 Å². The smallest absolute Gasteiger partial charge is 0.198 e. The van der Waals surface area contributed by atoms with Crippen LogP contribution in [0, 0.1) is 17.2 Å². The van der Waals surface area contributed by atoms with Crippen LogP contribution in [0.5, 0.6) is 0 Å². The third-order valence-electron chi connectivity index (χ3n) is 2.61. The van der Waals surface area contributed by atoms with E-state index < -0.39 is 11.2 Å². The highest BCUT2D eigenvalue weighted by Crippen LogP contribution is 2.34. The molecule has 0 aromatic carbocycles. The maximum atomic E-state index is 12.1. The second kappa shape index (κ2) is 3.97. The van der Waals surface area contributed by atoms with Crippen LogP contribution in [-0.2, 0) is 0 Å². The molecule has 5 heteroatoms. The normalized spacial score (nSPS) is 29.7. The van der Waals surface area contributed by atoms with Gasteiger partial charge < -0.3 is 0 Å². The summed E-state index contributed by atoms with van der Waals surface area (Å²) in [6.45, 7) is 0. The zero-order chi connectivity index (χ0) is 9.90. The summed E-state index contributed by atoms with van der Waals surface area (Å²) < 4.78 is 36.4. The van der Waals surface area contributed by atoms with Crippen molar-refractivity contribution >= 4 is 0 Å². The lowest BCUT2D eigenvalue weighted by atomic mass is 9.85. The van der Waals surface area contributed by atoms with E-state index in [4.69, 9.17) is 5.26 Å². The molecule has 0 aliphatic heterocycles. The van der Waals surface area contributed by atoms with Crippen molar-refractivity contribution in [3.63, 3.8) is 0 Å². The molecule has 0 unspecified atom stereocenters. The maximum absolute atomic E-state index is 12.1. The van der Waals surface area contributed by atoms with Crippen LogP contribution in [-0.4, -0.2) is 11.2 Å². The fourth-order valence-electron chi connectivity index (χ4n) is 1.77. The van der Waals surface area contributed by atoms with Gasteiger partial charge in [0.05, 0.1) is 19.5 Å². The highest BCUT2D eigenvalue weighted by atomic mass is 19.6. The van der Waals surface area contributed by atoms with Gasteiger partial charge in [0.15, 0.2) is 0 Å². The maximum Gasteiger partial charge on any atom is 0.247 e. The molecule has 1 aliphatic rings. The predicted molar refractivity (Wildman–Crippen MR) is 39.6 cm³/mol. The van der Waals surface area contributed by atoms with Crippen molar-refractivity contribution in [2.75, 3.05) is 0 Å². The minimum atomic E-state index is -3.42. The first-order valence-corrected chi connectivity index (χ1v) is 4.38. The van der Waals surface area contributed by atoms with Crippen LogP contribution in [0.1, 0.15) is 32.1 Å². The summed E-state index contributed by atoms with van der Waals surface area (Å²) in [6, 6.07) is 0.819. The Morgan fingerprint density at radius 1 is 1.15 bits per heavy atom. The van der Waals surface area contributed by atoms with Gasteiger partial charge in [0.2, 0.25) is 11.2 Å². The van der Waals surface area contributed by atoms with Crippen molar-refractivity contribution in [3.05, 3.63) is 0 Å². The molecule has 0 bridgehead atoms. The van der Waals surface area contributed by atoms with Crippen LogP contribution in [0.15, 0.2) is 0 Å². The Morgan fingerprint density at radius 2 is 1.69 bits per heavy atom. The molecular formula is C8H12F3N2+. The van der Waals surface area contributed by atoms with Gasteiger partial charge in [-0.1, -0.05) is 0 Å². The first-order chi connectivity index (χ1) is 6.04. The van der Waals surface area contributed by atoms with Gasteiger partial charge in [0.25, 0.3) is 0 Å². The fraction of sp³-hybridized carbons (Fsp3) is 0.875. The van der Waals surface area contributed by atoms with Crippen LogP contribution in [0.25, 0.3) is 0 Å². The minimum absolute atomic E-state index is 0.176. The molecule has 1 aliphatic carbocycles.